The maximum absolute atomic E-state index is 12.7. The van der Waals surface area contributed by atoms with E-state index >= 15 is 0 Å². The van der Waals surface area contributed by atoms with Crippen LogP contribution in [0.2, 0.25) is 0 Å². The fraction of sp³-hybridized carbons (Fsp3) is 0.400. The van der Waals surface area contributed by atoms with Crippen LogP contribution >= 0.6 is 0 Å². The molecule has 16 heavy (non-hydrogen) atoms. The average molecular weight is 233 g/mol. The second-order valence-corrected chi connectivity index (χ2v) is 3.37. The number of benzene rings is 1. The van der Waals surface area contributed by atoms with Crippen molar-refractivity contribution in [3.05, 3.63) is 23.8 Å². The van der Waals surface area contributed by atoms with Gasteiger partial charge in [0.05, 0.1) is 5.75 Å². The van der Waals surface area contributed by atoms with Crippen LogP contribution in [0.25, 0.3) is 0 Å². The Kier molecular flexibility index (Phi) is 4.23. The van der Waals surface area contributed by atoms with Gasteiger partial charge in [-0.2, -0.15) is 0 Å². The summed E-state index contributed by atoms with van der Waals surface area (Å²) in [5.41, 5.74) is -0.155. The van der Waals surface area contributed by atoms with Crippen molar-refractivity contribution >= 4 is 12.4 Å². The van der Waals surface area contributed by atoms with E-state index in [0.717, 1.165) is 6.07 Å². The zero-order chi connectivity index (χ0) is 12.2. The van der Waals surface area contributed by atoms with Gasteiger partial charge in [0, 0.05) is 6.61 Å². The molecule has 0 bridgehead atoms. The zero-order valence-corrected chi connectivity index (χ0v) is 9.17. The molecule has 0 aliphatic rings. The molecule has 1 rings (SSSR count). The minimum absolute atomic E-state index is 0.168. The summed E-state index contributed by atoms with van der Waals surface area (Å²) in [6.07, 6.45) is 0. The predicted molar refractivity (Wildman–Crippen MR) is 57.0 cm³/mol. The van der Waals surface area contributed by atoms with Gasteiger partial charge in [-0.1, -0.05) is 23.2 Å². The summed E-state index contributed by atoms with van der Waals surface area (Å²) in [6.45, 7) is -1.47. The molecule has 0 unspecified atom stereocenters. The van der Waals surface area contributed by atoms with Gasteiger partial charge in [-0.15, -0.1) is 0 Å². The first-order chi connectivity index (χ1) is 7.45. The second-order valence-electron chi connectivity index (χ2n) is 3.37. The highest BCUT2D eigenvalue weighted by molar-refractivity contribution is 6.74. The Morgan fingerprint density at radius 2 is 1.94 bits per heavy atom. The van der Waals surface area contributed by atoms with Gasteiger partial charge in [0.15, 0.2) is 6.79 Å². The van der Waals surface area contributed by atoms with Crippen LogP contribution in [0.3, 0.4) is 0 Å². The maximum Gasteiger partial charge on any atom is 0.513 e. The molecule has 0 aliphatic carbocycles. The molecule has 1 aromatic rings. The number of hydrogen-bond acceptors (Lipinski definition) is 2. The van der Waals surface area contributed by atoms with E-state index in [1.165, 1.54) is 6.07 Å². The van der Waals surface area contributed by atoms with Crippen LogP contribution in [-0.4, -0.2) is 20.4 Å². The molecule has 6 heteroatoms. The molecule has 0 atom stereocenters. The summed E-state index contributed by atoms with van der Waals surface area (Å²) >= 11 is 0. The lowest BCUT2D eigenvalue weighted by molar-refractivity contribution is 0.0229. The SMILES string of the molecule is CCOCOc1ccc(C)cc1[B-](F)(F)F. The van der Waals surface area contributed by atoms with Crippen molar-refractivity contribution in [3.63, 3.8) is 0 Å². The monoisotopic (exact) mass is 233 g/mol. The molecule has 0 N–H and O–H groups in total. The molecule has 0 spiro atoms. The third kappa shape index (κ3) is 3.45. The summed E-state index contributed by atoms with van der Waals surface area (Å²) < 4.78 is 47.8. The molecular formula is C10H13BF3O2-. The first-order valence-electron chi connectivity index (χ1n) is 4.96. The highest BCUT2D eigenvalue weighted by atomic mass is 19.4. The standard InChI is InChI=1S/C10H13BF3O2/c1-3-15-7-16-10-5-4-8(2)6-9(10)11(12,13)14/h4-6H,3,7H2,1-2H3/q-1. The van der Waals surface area contributed by atoms with E-state index in [0.29, 0.717) is 12.2 Å². The molecule has 2 nitrogen and oxygen atoms in total. The van der Waals surface area contributed by atoms with Gasteiger partial charge in [-0.05, 0) is 19.9 Å². The number of rotatable bonds is 5. The van der Waals surface area contributed by atoms with Crippen molar-refractivity contribution in [3.8, 4) is 5.75 Å². The predicted octanol–water partition coefficient (Wildman–Crippen LogP) is 2.42. The van der Waals surface area contributed by atoms with Crippen molar-refractivity contribution in [1.82, 2.24) is 0 Å². The Hall–Kier alpha value is -1.17. The van der Waals surface area contributed by atoms with Gasteiger partial charge in [-0.25, -0.2) is 0 Å². The smallest absolute Gasteiger partial charge is 0.471 e. The van der Waals surface area contributed by atoms with Gasteiger partial charge in [0.25, 0.3) is 0 Å². The van der Waals surface area contributed by atoms with Crippen LogP contribution in [0.5, 0.6) is 5.75 Å². The lowest BCUT2D eigenvalue weighted by atomic mass is 9.78. The van der Waals surface area contributed by atoms with Gasteiger partial charge < -0.3 is 22.4 Å². The van der Waals surface area contributed by atoms with Crippen LogP contribution in [0.4, 0.5) is 12.9 Å². The molecule has 90 valence electrons. The van der Waals surface area contributed by atoms with Gasteiger partial charge >= 0.3 is 6.98 Å². The van der Waals surface area contributed by atoms with Gasteiger partial charge in [-0.3, -0.25) is 0 Å². The topological polar surface area (TPSA) is 18.5 Å². The van der Waals surface area contributed by atoms with E-state index < -0.39 is 12.4 Å². The summed E-state index contributed by atoms with van der Waals surface area (Å²) in [5, 5.41) is 0. The Bertz CT molecular complexity index is 352. The van der Waals surface area contributed by atoms with E-state index in [1.807, 2.05) is 0 Å². The van der Waals surface area contributed by atoms with E-state index in [1.54, 1.807) is 19.9 Å². The summed E-state index contributed by atoms with van der Waals surface area (Å²) in [4.78, 5) is 0. The first-order valence-corrected chi connectivity index (χ1v) is 4.96. The molecule has 0 fully saturated rings. The quantitative estimate of drug-likeness (QED) is 0.441. The molecular weight excluding hydrogens is 220 g/mol. The molecule has 0 radical (unpaired) electrons. The minimum Gasteiger partial charge on any atom is -0.471 e. The van der Waals surface area contributed by atoms with Crippen molar-refractivity contribution in [2.24, 2.45) is 0 Å². The fourth-order valence-corrected chi connectivity index (χ4v) is 1.24. The van der Waals surface area contributed by atoms with Crippen molar-refractivity contribution < 1.29 is 22.4 Å². The Morgan fingerprint density at radius 1 is 1.25 bits per heavy atom. The van der Waals surface area contributed by atoms with E-state index in [9.17, 15) is 12.9 Å². The molecule has 0 amide bonds. The molecule has 0 aromatic heterocycles. The Morgan fingerprint density at radius 3 is 2.50 bits per heavy atom. The minimum atomic E-state index is -5.06. The van der Waals surface area contributed by atoms with E-state index in [-0.39, 0.29) is 12.5 Å². The first kappa shape index (κ1) is 12.9. The van der Waals surface area contributed by atoms with E-state index in [4.69, 9.17) is 9.47 Å². The van der Waals surface area contributed by atoms with Crippen LogP contribution in [0.1, 0.15) is 12.5 Å². The lowest BCUT2D eigenvalue weighted by Gasteiger charge is -2.20. The zero-order valence-electron chi connectivity index (χ0n) is 9.17. The molecule has 0 aliphatic heterocycles. The van der Waals surface area contributed by atoms with Crippen molar-refractivity contribution in [1.29, 1.82) is 0 Å². The summed E-state index contributed by atoms with van der Waals surface area (Å²) in [5.74, 6) is -0.174. The highest BCUT2D eigenvalue weighted by Crippen LogP contribution is 2.18. The van der Waals surface area contributed by atoms with Gasteiger partial charge in [0.1, 0.15) is 0 Å². The highest BCUT2D eigenvalue weighted by Gasteiger charge is 2.29. The Labute approximate surface area is 92.4 Å². The molecule has 0 heterocycles. The van der Waals surface area contributed by atoms with E-state index in [2.05, 4.69) is 0 Å². The maximum atomic E-state index is 12.7. The normalized spacial score (nSPS) is 11.6. The lowest BCUT2D eigenvalue weighted by Crippen LogP contribution is -2.35. The van der Waals surface area contributed by atoms with Crippen LogP contribution in [0, 0.1) is 6.92 Å². The summed E-state index contributed by atoms with van der Waals surface area (Å²) in [6, 6.07) is 3.98. The number of hydrogen-bond donors (Lipinski definition) is 0. The average Bonchev–Trinajstić information content (AvgIpc) is 2.19. The number of ether oxygens (including phenoxy) is 2. The number of aryl methyl sites for hydroxylation is 1. The largest absolute Gasteiger partial charge is 0.513 e. The third-order valence-electron chi connectivity index (χ3n) is 2.02. The molecule has 0 saturated heterocycles. The second kappa shape index (κ2) is 5.25. The van der Waals surface area contributed by atoms with Gasteiger partial charge in [0.2, 0.25) is 0 Å². The van der Waals surface area contributed by atoms with Crippen molar-refractivity contribution in [2.75, 3.05) is 13.4 Å². The third-order valence-corrected chi connectivity index (χ3v) is 2.02. The Balaban J connectivity index is 2.90. The summed E-state index contributed by atoms with van der Waals surface area (Å²) in [7, 11) is 0. The molecule has 1 aromatic carbocycles. The van der Waals surface area contributed by atoms with Crippen LogP contribution < -0.4 is 10.2 Å². The van der Waals surface area contributed by atoms with Crippen LogP contribution in [0.15, 0.2) is 18.2 Å². The van der Waals surface area contributed by atoms with Crippen molar-refractivity contribution in [2.45, 2.75) is 13.8 Å². The molecule has 0 saturated carbocycles. The fourth-order valence-electron chi connectivity index (χ4n) is 1.24. The number of halogens is 3. The van der Waals surface area contributed by atoms with Crippen LogP contribution in [-0.2, 0) is 4.74 Å².